The van der Waals surface area contributed by atoms with Crippen LogP contribution >= 0.6 is 11.3 Å². The molecule has 1 saturated heterocycles. The number of hydrogen-bond donors (Lipinski definition) is 1. The molecule has 1 unspecified atom stereocenters. The van der Waals surface area contributed by atoms with Crippen LogP contribution in [0.5, 0.6) is 0 Å². The SMILES string of the molecule is c1csc(COC2CCCNCC2)c1. The smallest absolute Gasteiger partial charge is 0.0813 e. The Balaban J connectivity index is 1.73. The average molecular weight is 211 g/mol. The predicted octanol–water partition coefficient (Wildman–Crippen LogP) is 2.41. The summed E-state index contributed by atoms with van der Waals surface area (Å²) in [4.78, 5) is 1.34. The first kappa shape index (κ1) is 10.1. The lowest BCUT2D eigenvalue weighted by atomic mass is 10.2. The molecule has 2 nitrogen and oxygen atoms in total. The van der Waals surface area contributed by atoms with Crippen LogP contribution in [0.4, 0.5) is 0 Å². The van der Waals surface area contributed by atoms with Gasteiger partial charge in [0.25, 0.3) is 0 Å². The molecule has 0 radical (unpaired) electrons. The average Bonchev–Trinajstić information content (AvgIpc) is 2.58. The molecular weight excluding hydrogens is 194 g/mol. The second-order valence-electron chi connectivity index (χ2n) is 3.69. The third kappa shape index (κ3) is 3.08. The van der Waals surface area contributed by atoms with Gasteiger partial charge in [-0.2, -0.15) is 0 Å². The van der Waals surface area contributed by atoms with E-state index >= 15 is 0 Å². The van der Waals surface area contributed by atoms with Crippen molar-refractivity contribution in [1.82, 2.24) is 5.32 Å². The van der Waals surface area contributed by atoms with Crippen LogP contribution in [0, 0.1) is 0 Å². The minimum Gasteiger partial charge on any atom is -0.373 e. The van der Waals surface area contributed by atoms with Crippen molar-refractivity contribution in [3.05, 3.63) is 22.4 Å². The summed E-state index contributed by atoms with van der Waals surface area (Å²) in [5.74, 6) is 0. The molecule has 1 aliphatic heterocycles. The molecular formula is C11H17NOS. The monoisotopic (exact) mass is 211 g/mol. The molecule has 2 heterocycles. The fourth-order valence-corrected chi connectivity index (χ4v) is 2.37. The third-order valence-corrected chi connectivity index (χ3v) is 3.41. The first-order valence-electron chi connectivity index (χ1n) is 5.30. The van der Waals surface area contributed by atoms with Crippen molar-refractivity contribution in [3.63, 3.8) is 0 Å². The highest BCUT2D eigenvalue weighted by Gasteiger charge is 2.11. The molecule has 0 aromatic carbocycles. The number of thiophene rings is 1. The second-order valence-corrected chi connectivity index (χ2v) is 4.73. The van der Waals surface area contributed by atoms with E-state index in [1.807, 2.05) is 0 Å². The summed E-state index contributed by atoms with van der Waals surface area (Å²) < 4.78 is 5.88. The summed E-state index contributed by atoms with van der Waals surface area (Å²) >= 11 is 1.78. The van der Waals surface area contributed by atoms with Crippen molar-refractivity contribution in [2.24, 2.45) is 0 Å². The van der Waals surface area contributed by atoms with E-state index in [0.717, 1.165) is 26.1 Å². The molecule has 0 bridgehead atoms. The van der Waals surface area contributed by atoms with E-state index < -0.39 is 0 Å². The molecule has 1 aromatic rings. The maximum absolute atomic E-state index is 5.88. The predicted molar refractivity (Wildman–Crippen MR) is 59.6 cm³/mol. The Kier molecular flexibility index (Phi) is 3.98. The van der Waals surface area contributed by atoms with Gasteiger partial charge in [-0.15, -0.1) is 11.3 Å². The molecule has 78 valence electrons. The van der Waals surface area contributed by atoms with Gasteiger partial charge in [0.2, 0.25) is 0 Å². The minimum absolute atomic E-state index is 0.465. The van der Waals surface area contributed by atoms with E-state index in [1.165, 1.54) is 17.7 Å². The van der Waals surface area contributed by atoms with Gasteiger partial charge in [0, 0.05) is 4.88 Å². The Morgan fingerprint density at radius 2 is 2.43 bits per heavy atom. The molecule has 1 aromatic heterocycles. The van der Waals surface area contributed by atoms with E-state index in [0.29, 0.717) is 6.10 Å². The summed E-state index contributed by atoms with van der Waals surface area (Å²) in [5, 5.41) is 5.50. The van der Waals surface area contributed by atoms with Crippen molar-refractivity contribution < 1.29 is 4.74 Å². The fourth-order valence-electron chi connectivity index (χ4n) is 1.75. The molecule has 1 N–H and O–H groups in total. The van der Waals surface area contributed by atoms with E-state index in [4.69, 9.17) is 4.74 Å². The molecule has 1 aliphatic rings. The Morgan fingerprint density at radius 3 is 3.29 bits per heavy atom. The molecule has 3 heteroatoms. The standard InChI is InChI=1S/C11H17NOS/c1-3-10(5-7-12-6-1)13-9-11-4-2-8-14-11/h2,4,8,10,12H,1,3,5-7,9H2. The highest BCUT2D eigenvalue weighted by molar-refractivity contribution is 7.09. The normalized spacial score (nSPS) is 23.3. The van der Waals surface area contributed by atoms with Gasteiger partial charge in [0.05, 0.1) is 12.7 Å². The minimum atomic E-state index is 0.465. The van der Waals surface area contributed by atoms with Gasteiger partial charge < -0.3 is 10.1 Å². The lowest BCUT2D eigenvalue weighted by Gasteiger charge is -2.13. The summed E-state index contributed by atoms with van der Waals surface area (Å²) in [5.41, 5.74) is 0. The lowest BCUT2D eigenvalue weighted by molar-refractivity contribution is 0.0346. The van der Waals surface area contributed by atoms with E-state index in [-0.39, 0.29) is 0 Å². The van der Waals surface area contributed by atoms with Crippen LogP contribution in [-0.4, -0.2) is 19.2 Å². The van der Waals surface area contributed by atoms with Crippen LogP contribution in [0.3, 0.4) is 0 Å². The molecule has 0 spiro atoms. The Morgan fingerprint density at radius 1 is 1.43 bits per heavy atom. The number of ether oxygens (including phenoxy) is 1. The molecule has 14 heavy (non-hydrogen) atoms. The number of hydrogen-bond acceptors (Lipinski definition) is 3. The van der Waals surface area contributed by atoms with Crippen LogP contribution in [0.2, 0.25) is 0 Å². The first-order chi connectivity index (χ1) is 6.95. The zero-order chi connectivity index (χ0) is 9.64. The van der Waals surface area contributed by atoms with Crippen molar-refractivity contribution in [2.75, 3.05) is 13.1 Å². The topological polar surface area (TPSA) is 21.3 Å². The van der Waals surface area contributed by atoms with Gasteiger partial charge in [0.15, 0.2) is 0 Å². The Labute approximate surface area is 89.3 Å². The Hall–Kier alpha value is -0.380. The lowest BCUT2D eigenvalue weighted by Crippen LogP contribution is -2.16. The van der Waals surface area contributed by atoms with Crippen molar-refractivity contribution in [3.8, 4) is 0 Å². The molecule has 0 saturated carbocycles. The zero-order valence-electron chi connectivity index (χ0n) is 8.37. The molecule has 1 fully saturated rings. The Bertz CT molecular complexity index is 240. The fraction of sp³-hybridized carbons (Fsp3) is 0.636. The maximum Gasteiger partial charge on any atom is 0.0813 e. The molecule has 2 rings (SSSR count). The van der Waals surface area contributed by atoms with Gasteiger partial charge in [-0.25, -0.2) is 0 Å². The van der Waals surface area contributed by atoms with Crippen LogP contribution in [0.1, 0.15) is 24.1 Å². The van der Waals surface area contributed by atoms with Crippen LogP contribution in [-0.2, 0) is 11.3 Å². The number of nitrogens with one attached hydrogen (secondary N) is 1. The molecule has 0 amide bonds. The van der Waals surface area contributed by atoms with Gasteiger partial charge in [-0.3, -0.25) is 0 Å². The highest BCUT2D eigenvalue weighted by atomic mass is 32.1. The zero-order valence-corrected chi connectivity index (χ0v) is 9.19. The summed E-state index contributed by atoms with van der Waals surface area (Å²) in [7, 11) is 0. The van der Waals surface area contributed by atoms with E-state index in [1.54, 1.807) is 11.3 Å². The second kappa shape index (κ2) is 5.49. The van der Waals surface area contributed by atoms with Crippen molar-refractivity contribution >= 4 is 11.3 Å². The maximum atomic E-state index is 5.88. The van der Waals surface area contributed by atoms with Gasteiger partial charge in [0.1, 0.15) is 0 Å². The van der Waals surface area contributed by atoms with Gasteiger partial charge in [-0.1, -0.05) is 6.07 Å². The first-order valence-corrected chi connectivity index (χ1v) is 6.18. The van der Waals surface area contributed by atoms with E-state index in [9.17, 15) is 0 Å². The van der Waals surface area contributed by atoms with Gasteiger partial charge in [-0.05, 0) is 43.8 Å². The molecule has 1 atom stereocenters. The van der Waals surface area contributed by atoms with Gasteiger partial charge >= 0.3 is 0 Å². The highest BCUT2D eigenvalue weighted by Crippen LogP contribution is 2.15. The van der Waals surface area contributed by atoms with Crippen LogP contribution < -0.4 is 5.32 Å². The number of rotatable bonds is 3. The van der Waals surface area contributed by atoms with Crippen molar-refractivity contribution in [2.45, 2.75) is 32.0 Å². The summed E-state index contributed by atoms with van der Waals surface area (Å²) in [6.07, 6.45) is 4.07. The summed E-state index contributed by atoms with van der Waals surface area (Å²) in [6.45, 7) is 3.05. The quantitative estimate of drug-likeness (QED) is 0.829. The molecule has 0 aliphatic carbocycles. The van der Waals surface area contributed by atoms with E-state index in [2.05, 4.69) is 22.8 Å². The van der Waals surface area contributed by atoms with Crippen LogP contribution in [0.25, 0.3) is 0 Å². The van der Waals surface area contributed by atoms with Crippen molar-refractivity contribution in [1.29, 1.82) is 0 Å². The summed E-state index contributed by atoms with van der Waals surface area (Å²) in [6, 6.07) is 4.22. The third-order valence-electron chi connectivity index (χ3n) is 2.56. The van der Waals surface area contributed by atoms with Crippen LogP contribution in [0.15, 0.2) is 17.5 Å². The largest absolute Gasteiger partial charge is 0.373 e.